The monoisotopic (exact) mass is 605 g/mol. The zero-order valence-corrected chi connectivity index (χ0v) is 22.9. The van der Waals surface area contributed by atoms with Gasteiger partial charge in [0, 0.05) is 31.4 Å². The molecule has 11 heteroatoms. The van der Waals surface area contributed by atoms with Crippen molar-refractivity contribution in [2.24, 2.45) is 0 Å². The van der Waals surface area contributed by atoms with Crippen LogP contribution in [-0.2, 0) is 0 Å². The maximum absolute atomic E-state index is 12.3. The van der Waals surface area contributed by atoms with Crippen LogP contribution in [0.25, 0.3) is 22.2 Å². The lowest BCUT2D eigenvalue weighted by Crippen LogP contribution is -2.22. The molecule has 3 aromatic heterocycles. The van der Waals surface area contributed by atoms with Crippen LogP contribution in [-0.4, -0.2) is 56.2 Å². The normalized spacial score (nSPS) is 12.1. The number of pyridine rings is 1. The van der Waals surface area contributed by atoms with E-state index in [0.717, 1.165) is 31.3 Å². The molecule has 182 valence electrons. The number of aromatic nitrogens is 5. The molecule has 9 nitrogen and oxygen atoms in total. The second-order valence-corrected chi connectivity index (χ2v) is 9.64. The molecular weight excluding hydrogens is 581 g/mol. The number of halogens is 2. The Morgan fingerprint density at radius 2 is 2.03 bits per heavy atom. The minimum atomic E-state index is -0.218. The average molecular weight is 606 g/mol. The van der Waals surface area contributed by atoms with E-state index in [1.807, 2.05) is 37.6 Å². The van der Waals surface area contributed by atoms with Crippen LogP contribution >= 0.6 is 34.2 Å². The van der Waals surface area contributed by atoms with Gasteiger partial charge in [-0.25, -0.2) is 14.6 Å². The summed E-state index contributed by atoms with van der Waals surface area (Å²) in [5.74, 6) is 0.793. The van der Waals surface area contributed by atoms with Gasteiger partial charge in [0.2, 0.25) is 0 Å². The highest BCUT2D eigenvalue weighted by molar-refractivity contribution is 14.1. The first-order valence-electron chi connectivity index (χ1n) is 10.9. The van der Waals surface area contributed by atoms with E-state index in [0.29, 0.717) is 34.5 Å². The van der Waals surface area contributed by atoms with Crippen molar-refractivity contribution in [3.63, 3.8) is 0 Å². The van der Waals surface area contributed by atoms with Gasteiger partial charge in [0.15, 0.2) is 5.65 Å². The first-order valence-corrected chi connectivity index (χ1v) is 12.4. The van der Waals surface area contributed by atoms with Gasteiger partial charge < -0.3 is 15.4 Å². The summed E-state index contributed by atoms with van der Waals surface area (Å²) in [4.78, 5) is 26.7. The molecule has 35 heavy (non-hydrogen) atoms. The number of fused-ring (bicyclic) bond motifs is 1. The number of carbonyl (C=O) groups excluding carboxylic acids is 1. The SMILES string of the molecule is CCOc1c(Cl)cc(C(C)n2nc(I)c3c(N)ncnc32)c(C)c1-c1ccc(C(=O)N(C)C)nc1. The predicted octanol–water partition coefficient (Wildman–Crippen LogP) is 4.75. The van der Waals surface area contributed by atoms with E-state index in [9.17, 15) is 4.79 Å². The van der Waals surface area contributed by atoms with Gasteiger partial charge in [-0.2, -0.15) is 5.10 Å². The quantitative estimate of drug-likeness (QED) is 0.316. The molecule has 1 atom stereocenters. The largest absolute Gasteiger partial charge is 0.492 e. The van der Waals surface area contributed by atoms with Gasteiger partial charge >= 0.3 is 0 Å². The molecule has 0 radical (unpaired) electrons. The maximum Gasteiger partial charge on any atom is 0.271 e. The van der Waals surface area contributed by atoms with E-state index in [2.05, 4.69) is 37.5 Å². The molecule has 0 saturated heterocycles. The summed E-state index contributed by atoms with van der Waals surface area (Å²) in [6.07, 6.45) is 3.11. The minimum Gasteiger partial charge on any atom is -0.492 e. The molecule has 0 aliphatic heterocycles. The van der Waals surface area contributed by atoms with E-state index in [-0.39, 0.29) is 11.9 Å². The van der Waals surface area contributed by atoms with E-state index in [1.54, 1.807) is 26.4 Å². The van der Waals surface area contributed by atoms with Crippen LogP contribution in [0.15, 0.2) is 30.7 Å². The summed E-state index contributed by atoms with van der Waals surface area (Å²) in [5.41, 5.74) is 10.6. The summed E-state index contributed by atoms with van der Waals surface area (Å²) in [7, 11) is 3.39. The van der Waals surface area contributed by atoms with Crippen LogP contribution in [0, 0.1) is 10.6 Å². The summed E-state index contributed by atoms with van der Waals surface area (Å²) in [6.45, 7) is 6.40. The van der Waals surface area contributed by atoms with Gasteiger partial charge in [-0.15, -0.1) is 0 Å². The Hall–Kier alpha value is -2.99. The highest BCUT2D eigenvalue weighted by atomic mass is 127. The highest BCUT2D eigenvalue weighted by Gasteiger charge is 2.25. The van der Waals surface area contributed by atoms with E-state index in [4.69, 9.17) is 27.2 Å². The van der Waals surface area contributed by atoms with Crippen molar-refractivity contribution in [1.82, 2.24) is 29.6 Å². The van der Waals surface area contributed by atoms with Gasteiger partial charge in [-0.3, -0.25) is 9.78 Å². The number of nitrogens with zero attached hydrogens (tertiary/aromatic N) is 6. The summed E-state index contributed by atoms with van der Waals surface area (Å²) in [6, 6.07) is 5.25. The molecule has 0 saturated carbocycles. The Kier molecular flexibility index (Phi) is 7.13. The lowest BCUT2D eigenvalue weighted by molar-refractivity contribution is 0.0822. The molecule has 3 heterocycles. The summed E-state index contributed by atoms with van der Waals surface area (Å²) in [5, 5.41) is 5.90. The van der Waals surface area contributed by atoms with Crippen molar-refractivity contribution in [2.75, 3.05) is 26.4 Å². The van der Waals surface area contributed by atoms with Crippen molar-refractivity contribution in [3.05, 3.63) is 56.3 Å². The molecule has 1 aromatic carbocycles. The number of nitrogen functional groups attached to an aromatic ring is 1. The Bertz CT molecular complexity index is 1420. The fraction of sp³-hybridized carbons (Fsp3) is 0.292. The third kappa shape index (κ3) is 4.52. The van der Waals surface area contributed by atoms with Crippen LogP contribution in [0.2, 0.25) is 5.02 Å². The number of carbonyl (C=O) groups is 1. The predicted molar refractivity (Wildman–Crippen MR) is 145 cm³/mol. The van der Waals surface area contributed by atoms with Crippen LogP contribution < -0.4 is 10.5 Å². The van der Waals surface area contributed by atoms with Gasteiger partial charge in [-0.05, 0) is 66.6 Å². The number of rotatable bonds is 6. The molecule has 1 unspecified atom stereocenters. The van der Waals surface area contributed by atoms with Gasteiger partial charge in [0.25, 0.3) is 5.91 Å². The van der Waals surface area contributed by atoms with Crippen LogP contribution in [0.1, 0.15) is 41.5 Å². The van der Waals surface area contributed by atoms with Gasteiger partial charge in [0.1, 0.15) is 27.3 Å². The number of benzene rings is 1. The van der Waals surface area contributed by atoms with Gasteiger partial charge in [0.05, 0.1) is 23.1 Å². The molecule has 2 N–H and O–H groups in total. The standard InChI is InChI=1S/C24H25ClIN7O2/c1-6-35-20-16(25)9-15(13(3)33-23-19(21(26)31-33)22(27)29-11-30-23)12(2)18(20)14-7-8-17(28-10-14)24(34)32(4)5/h7-11,13H,6H2,1-5H3,(H2,27,29,30). The second-order valence-electron chi connectivity index (χ2n) is 8.21. The molecule has 0 aliphatic rings. The molecule has 0 fully saturated rings. The molecule has 4 aromatic rings. The number of hydrogen-bond acceptors (Lipinski definition) is 7. The fourth-order valence-corrected chi connectivity index (χ4v) is 5.08. The first kappa shape index (κ1) is 25.1. The molecule has 0 spiro atoms. The lowest BCUT2D eigenvalue weighted by Gasteiger charge is -2.22. The number of anilines is 1. The molecule has 0 bridgehead atoms. The number of hydrogen-bond donors (Lipinski definition) is 1. The van der Waals surface area contributed by atoms with E-state index in [1.165, 1.54) is 11.2 Å². The maximum atomic E-state index is 12.3. The van der Waals surface area contributed by atoms with Crippen molar-refractivity contribution in [1.29, 1.82) is 0 Å². The summed E-state index contributed by atoms with van der Waals surface area (Å²) >= 11 is 8.90. The number of nitrogens with two attached hydrogens (primary N) is 1. The topological polar surface area (TPSA) is 112 Å². The zero-order chi connectivity index (χ0) is 25.4. The Balaban J connectivity index is 1.88. The van der Waals surface area contributed by atoms with Crippen LogP contribution in [0.3, 0.4) is 0 Å². The lowest BCUT2D eigenvalue weighted by atomic mass is 9.93. The van der Waals surface area contributed by atoms with Crippen LogP contribution in [0.5, 0.6) is 5.75 Å². The van der Waals surface area contributed by atoms with E-state index >= 15 is 0 Å². The van der Waals surface area contributed by atoms with Crippen molar-refractivity contribution < 1.29 is 9.53 Å². The van der Waals surface area contributed by atoms with Crippen LogP contribution in [0.4, 0.5) is 5.82 Å². The minimum absolute atomic E-state index is 0.167. The Morgan fingerprint density at radius 3 is 2.66 bits per heavy atom. The van der Waals surface area contributed by atoms with Crippen molar-refractivity contribution in [3.8, 4) is 16.9 Å². The third-order valence-electron chi connectivity index (χ3n) is 5.79. The summed E-state index contributed by atoms with van der Waals surface area (Å²) < 4.78 is 8.51. The van der Waals surface area contributed by atoms with Crippen molar-refractivity contribution in [2.45, 2.75) is 26.8 Å². The van der Waals surface area contributed by atoms with E-state index < -0.39 is 0 Å². The smallest absolute Gasteiger partial charge is 0.271 e. The highest BCUT2D eigenvalue weighted by Crippen LogP contribution is 2.43. The number of ether oxygens (including phenoxy) is 1. The first-order chi connectivity index (χ1) is 16.6. The Labute approximate surface area is 221 Å². The fourth-order valence-electron chi connectivity index (χ4n) is 4.06. The molecule has 1 amide bonds. The molecule has 0 aliphatic carbocycles. The number of amides is 1. The average Bonchev–Trinajstić information content (AvgIpc) is 3.18. The second kappa shape index (κ2) is 9.94. The van der Waals surface area contributed by atoms with Gasteiger partial charge in [-0.1, -0.05) is 17.7 Å². The zero-order valence-electron chi connectivity index (χ0n) is 20.0. The van der Waals surface area contributed by atoms with Crippen molar-refractivity contribution >= 4 is 57.0 Å². The Morgan fingerprint density at radius 1 is 1.29 bits per heavy atom. The third-order valence-corrected chi connectivity index (χ3v) is 6.83. The molecule has 4 rings (SSSR count). The molecular formula is C24H25ClIN7O2.